The molecule has 2 heterocycles. The van der Waals surface area contributed by atoms with E-state index in [9.17, 15) is 9.90 Å². The highest BCUT2D eigenvalue weighted by Gasteiger charge is 2.33. The lowest BCUT2D eigenvalue weighted by Gasteiger charge is -2.38. The lowest BCUT2D eigenvalue weighted by Crippen LogP contribution is -2.43. The zero-order chi connectivity index (χ0) is 14.8. The Kier molecular flexibility index (Phi) is 4.01. The monoisotopic (exact) mass is 291 g/mol. The van der Waals surface area contributed by atoms with E-state index in [0.29, 0.717) is 24.7 Å². The fraction of sp³-hybridized carbons (Fsp3) is 0.562. The SMILES string of the molecule is CC1CCCCN1C(C(=O)O)c1ccc2c(c1)OCCO2. The second kappa shape index (κ2) is 5.93. The molecule has 5 heteroatoms. The molecule has 2 atom stereocenters. The summed E-state index contributed by atoms with van der Waals surface area (Å²) < 4.78 is 11.1. The molecule has 21 heavy (non-hydrogen) atoms. The lowest BCUT2D eigenvalue weighted by molar-refractivity contribution is -0.145. The highest BCUT2D eigenvalue weighted by Crippen LogP contribution is 2.36. The third kappa shape index (κ3) is 2.83. The molecule has 114 valence electrons. The Balaban J connectivity index is 1.91. The predicted octanol–water partition coefficient (Wildman–Crippen LogP) is 2.46. The van der Waals surface area contributed by atoms with E-state index in [-0.39, 0.29) is 6.04 Å². The van der Waals surface area contributed by atoms with Crippen molar-refractivity contribution in [2.24, 2.45) is 0 Å². The van der Waals surface area contributed by atoms with Crippen molar-refractivity contribution in [3.63, 3.8) is 0 Å². The van der Waals surface area contributed by atoms with Crippen molar-refractivity contribution in [3.05, 3.63) is 23.8 Å². The number of carboxylic acid groups (broad SMARTS) is 1. The molecule has 0 spiro atoms. The molecule has 0 saturated carbocycles. The molecule has 0 aromatic heterocycles. The second-order valence-corrected chi connectivity index (χ2v) is 5.73. The number of aliphatic carboxylic acids is 1. The Labute approximate surface area is 124 Å². The van der Waals surface area contributed by atoms with Gasteiger partial charge in [0.25, 0.3) is 0 Å². The van der Waals surface area contributed by atoms with Crippen LogP contribution in [0.5, 0.6) is 11.5 Å². The molecule has 2 aliphatic rings. The molecule has 1 N–H and O–H groups in total. The van der Waals surface area contributed by atoms with Crippen LogP contribution in [-0.2, 0) is 4.79 Å². The van der Waals surface area contributed by atoms with Crippen LogP contribution >= 0.6 is 0 Å². The number of carboxylic acids is 1. The Hall–Kier alpha value is -1.75. The van der Waals surface area contributed by atoms with Crippen molar-refractivity contribution in [1.82, 2.24) is 4.90 Å². The quantitative estimate of drug-likeness (QED) is 0.927. The standard InChI is InChI=1S/C16H21NO4/c1-11-4-2-3-7-17(11)15(16(18)19)12-5-6-13-14(10-12)21-9-8-20-13/h5-6,10-11,15H,2-4,7-9H2,1H3,(H,18,19). The minimum absolute atomic E-state index is 0.285. The predicted molar refractivity (Wildman–Crippen MR) is 77.8 cm³/mol. The summed E-state index contributed by atoms with van der Waals surface area (Å²) >= 11 is 0. The summed E-state index contributed by atoms with van der Waals surface area (Å²) in [7, 11) is 0. The van der Waals surface area contributed by atoms with Crippen LogP contribution in [0, 0.1) is 0 Å². The number of likely N-dealkylation sites (tertiary alicyclic amines) is 1. The molecule has 5 nitrogen and oxygen atoms in total. The average molecular weight is 291 g/mol. The average Bonchev–Trinajstić information content (AvgIpc) is 2.49. The first-order valence-electron chi connectivity index (χ1n) is 7.55. The number of nitrogens with zero attached hydrogens (tertiary/aromatic N) is 1. The molecule has 3 rings (SSSR count). The van der Waals surface area contributed by atoms with Gasteiger partial charge in [-0.3, -0.25) is 9.69 Å². The van der Waals surface area contributed by atoms with Gasteiger partial charge in [0.05, 0.1) is 0 Å². The van der Waals surface area contributed by atoms with Crippen LogP contribution in [0.3, 0.4) is 0 Å². The number of hydrogen-bond acceptors (Lipinski definition) is 4. The number of ether oxygens (including phenoxy) is 2. The summed E-state index contributed by atoms with van der Waals surface area (Å²) in [5.41, 5.74) is 0.764. The van der Waals surface area contributed by atoms with Crippen LogP contribution in [0.15, 0.2) is 18.2 Å². The van der Waals surface area contributed by atoms with Gasteiger partial charge in [-0.15, -0.1) is 0 Å². The van der Waals surface area contributed by atoms with Crippen LogP contribution < -0.4 is 9.47 Å². The molecular formula is C16H21NO4. The zero-order valence-corrected chi connectivity index (χ0v) is 12.2. The van der Waals surface area contributed by atoms with Gasteiger partial charge < -0.3 is 14.6 Å². The Morgan fingerprint density at radius 3 is 2.76 bits per heavy atom. The minimum Gasteiger partial charge on any atom is -0.486 e. The number of fused-ring (bicyclic) bond motifs is 1. The van der Waals surface area contributed by atoms with Gasteiger partial charge in [-0.2, -0.15) is 0 Å². The minimum atomic E-state index is -0.805. The van der Waals surface area contributed by atoms with Gasteiger partial charge in [-0.1, -0.05) is 12.5 Å². The molecule has 1 fully saturated rings. The first kappa shape index (κ1) is 14.2. The van der Waals surface area contributed by atoms with E-state index in [0.717, 1.165) is 24.9 Å². The first-order valence-corrected chi connectivity index (χ1v) is 7.55. The van der Waals surface area contributed by atoms with E-state index in [1.165, 1.54) is 6.42 Å². The highest BCUT2D eigenvalue weighted by atomic mass is 16.6. The van der Waals surface area contributed by atoms with E-state index >= 15 is 0 Å². The van der Waals surface area contributed by atoms with E-state index in [1.807, 2.05) is 18.2 Å². The van der Waals surface area contributed by atoms with E-state index in [1.54, 1.807) is 0 Å². The molecule has 0 amide bonds. The maximum atomic E-state index is 11.8. The van der Waals surface area contributed by atoms with Gasteiger partial charge in [-0.25, -0.2) is 0 Å². The molecule has 0 aliphatic carbocycles. The Morgan fingerprint density at radius 1 is 1.29 bits per heavy atom. The maximum absolute atomic E-state index is 11.8. The van der Waals surface area contributed by atoms with E-state index < -0.39 is 12.0 Å². The van der Waals surface area contributed by atoms with Crippen LogP contribution in [0.25, 0.3) is 0 Å². The molecule has 0 radical (unpaired) electrons. The number of benzene rings is 1. The highest BCUT2D eigenvalue weighted by molar-refractivity contribution is 5.76. The van der Waals surface area contributed by atoms with E-state index in [4.69, 9.17) is 9.47 Å². The van der Waals surface area contributed by atoms with Crippen molar-refractivity contribution in [2.75, 3.05) is 19.8 Å². The van der Waals surface area contributed by atoms with Crippen LogP contribution in [0.4, 0.5) is 0 Å². The molecule has 0 bridgehead atoms. The summed E-state index contributed by atoms with van der Waals surface area (Å²) in [6.45, 7) is 3.98. The molecule has 1 aromatic carbocycles. The number of hydrogen-bond donors (Lipinski definition) is 1. The van der Waals surface area contributed by atoms with Gasteiger partial charge in [-0.05, 0) is 44.0 Å². The van der Waals surface area contributed by atoms with Crippen LogP contribution in [0.2, 0.25) is 0 Å². The van der Waals surface area contributed by atoms with Crippen LogP contribution in [-0.4, -0.2) is 41.8 Å². The third-order valence-corrected chi connectivity index (χ3v) is 4.30. The Morgan fingerprint density at radius 2 is 2.05 bits per heavy atom. The fourth-order valence-electron chi connectivity index (χ4n) is 3.21. The molecule has 1 aromatic rings. The summed E-state index contributed by atoms with van der Waals surface area (Å²) in [6, 6.07) is 5.14. The van der Waals surface area contributed by atoms with Gasteiger partial charge >= 0.3 is 5.97 Å². The van der Waals surface area contributed by atoms with Crippen molar-refractivity contribution in [1.29, 1.82) is 0 Å². The molecule has 1 saturated heterocycles. The number of carbonyl (C=O) groups is 1. The van der Waals surface area contributed by atoms with Crippen molar-refractivity contribution in [3.8, 4) is 11.5 Å². The first-order chi connectivity index (χ1) is 10.2. The summed E-state index contributed by atoms with van der Waals surface area (Å²) in [6.07, 6.45) is 3.28. The van der Waals surface area contributed by atoms with Crippen molar-refractivity contribution in [2.45, 2.75) is 38.3 Å². The van der Waals surface area contributed by atoms with Gasteiger partial charge in [0, 0.05) is 6.04 Å². The van der Waals surface area contributed by atoms with Gasteiger partial charge in [0.2, 0.25) is 0 Å². The van der Waals surface area contributed by atoms with Gasteiger partial charge in [0.15, 0.2) is 11.5 Å². The Bertz CT molecular complexity index is 531. The second-order valence-electron chi connectivity index (χ2n) is 5.73. The number of piperidine rings is 1. The largest absolute Gasteiger partial charge is 0.486 e. The summed E-state index contributed by atoms with van der Waals surface area (Å²) in [5.74, 6) is 0.538. The van der Waals surface area contributed by atoms with E-state index in [2.05, 4.69) is 11.8 Å². The lowest BCUT2D eigenvalue weighted by atomic mass is 9.97. The summed E-state index contributed by atoms with van der Waals surface area (Å²) in [4.78, 5) is 13.9. The zero-order valence-electron chi connectivity index (χ0n) is 12.2. The number of rotatable bonds is 3. The maximum Gasteiger partial charge on any atom is 0.325 e. The molecule has 2 unspecified atom stereocenters. The summed E-state index contributed by atoms with van der Waals surface area (Å²) in [5, 5.41) is 9.69. The third-order valence-electron chi connectivity index (χ3n) is 4.30. The van der Waals surface area contributed by atoms with Crippen molar-refractivity contribution >= 4 is 5.97 Å². The molecular weight excluding hydrogens is 270 g/mol. The topological polar surface area (TPSA) is 59.0 Å². The smallest absolute Gasteiger partial charge is 0.325 e. The normalized spacial score (nSPS) is 23.6. The van der Waals surface area contributed by atoms with Crippen LogP contribution in [0.1, 0.15) is 37.8 Å². The van der Waals surface area contributed by atoms with Gasteiger partial charge in [0.1, 0.15) is 19.3 Å². The fourth-order valence-corrected chi connectivity index (χ4v) is 3.21. The van der Waals surface area contributed by atoms with Crippen molar-refractivity contribution < 1.29 is 19.4 Å². The molecule has 2 aliphatic heterocycles.